The fraction of sp³-hybridized carbons (Fsp3) is 0.100. The number of nitrogens with one attached hydrogen (secondary N) is 1. The molecule has 1 aromatic carbocycles. The molecule has 3 heterocycles. The molecule has 28 heavy (non-hydrogen) atoms. The maximum atomic E-state index is 13.3. The number of rotatable bonds is 4. The SMILES string of the molecule is Cc1nn(CC(=O)Nc2ccc(Br)cn2)c2nccc(-c3ccc(F)cc3)c12. The van der Waals surface area contributed by atoms with Crippen LogP contribution >= 0.6 is 15.9 Å². The predicted octanol–water partition coefficient (Wildman–Crippen LogP) is 4.34. The minimum absolute atomic E-state index is 0.00194. The van der Waals surface area contributed by atoms with E-state index >= 15 is 0 Å². The molecule has 0 radical (unpaired) electrons. The fourth-order valence-electron chi connectivity index (χ4n) is 3.03. The molecule has 3 aromatic heterocycles. The van der Waals surface area contributed by atoms with E-state index in [0.717, 1.165) is 26.7 Å². The lowest BCUT2D eigenvalue weighted by molar-refractivity contribution is -0.116. The summed E-state index contributed by atoms with van der Waals surface area (Å²) >= 11 is 3.31. The van der Waals surface area contributed by atoms with Crippen molar-refractivity contribution in [2.24, 2.45) is 0 Å². The molecule has 0 unspecified atom stereocenters. The van der Waals surface area contributed by atoms with Gasteiger partial charge in [0.2, 0.25) is 5.91 Å². The molecule has 0 bridgehead atoms. The van der Waals surface area contributed by atoms with Gasteiger partial charge in [-0.05, 0) is 64.3 Å². The van der Waals surface area contributed by atoms with Gasteiger partial charge >= 0.3 is 0 Å². The lowest BCUT2D eigenvalue weighted by atomic mass is 10.0. The topological polar surface area (TPSA) is 72.7 Å². The van der Waals surface area contributed by atoms with E-state index in [4.69, 9.17) is 0 Å². The average Bonchev–Trinajstić information content (AvgIpc) is 3.00. The molecular formula is C20H15BrFN5O. The van der Waals surface area contributed by atoms with E-state index < -0.39 is 0 Å². The molecule has 140 valence electrons. The van der Waals surface area contributed by atoms with Gasteiger partial charge in [-0.15, -0.1) is 0 Å². The summed E-state index contributed by atoms with van der Waals surface area (Å²) in [6.07, 6.45) is 3.27. The molecule has 1 amide bonds. The highest BCUT2D eigenvalue weighted by Crippen LogP contribution is 2.29. The lowest BCUT2D eigenvalue weighted by Gasteiger charge is -2.06. The van der Waals surface area contributed by atoms with E-state index in [2.05, 4.69) is 36.3 Å². The third-order valence-corrected chi connectivity index (χ3v) is 4.72. The van der Waals surface area contributed by atoms with Crippen molar-refractivity contribution in [3.8, 4) is 11.1 Å². The minimum Gasteiger partial charge on any atom is -0.309 e. The van der Waals surface area contributed by atoms with E-state index in [1.165, 1.54) is 12.1 Å². The van der Waals surface area contributed by atoms with Gasteiger partial charge in [-0.2, -0.15) is 5.10 Å². The van der Waals surface area contributed by atoms with Crippen LogP contribution in [-0.2, 0) is 11.3 Å². The number of fused-ring (bicyclic) bond motifs is 1. The normalized spacial score (nSPS) is 11.0. The quantitative estimate of drug-likeness (QED) is 0.513. The molecule has 6 nitrogen and oxygen atoms in total. The molecule has 1 N–H and O–H groups in total. The minimum atomic E-state index is -0.292. The number of hydrogen-bond donors (Lipinski definition) is 1. The molecule has 8 heteroatoms. The van der Waals surface area contributed by atoms with Gasteiger partial charge in [0.05, 0.1) is 5.69 Å². The number of aromatic nitrogens is 4. The van der Waals surface area contributed by atoms with Crippen molar-refractivity contribution >= 4 is 38.7 Å². The smallest absolute Gasteiger partial charge is 0.247 e. The number of nitrogens with zero attached hydrogens (tertiary/aromatic N) is 4. The van der Waals surface area contributed by atoms with Gasteiger partial charge in [-0.25, -0.2) is 19.0 Å². The van der Waals surface area contributed by atoms with Crippen LogP contribution in [-0.4, -0.2) is 25.7 Å². The summed E-state index contributed by atoms with van der Waals surface area (Å²) < 4.78 is 15.7. The summed E-state index contributed by atoms with van der Waals surface area (Å²) in [4.78, 5) is 21.0. The zero-order chi connectivity index (χ0) is 19.7. The molecule has 0 aliphatic heterocycles. The van der Waals surface area contributed by atoms with Gasteiger partial charge in [0.25, 0.3) is 0 Å². The molecular weight excluding hydrogens is 425 g/mol. The zero-order valence-corrected chi connectivity index (χ0v) is 16.4. The Hall–Kier alpha value is -3.13. The van der Waals surface area contributed by atoms with Crippen LogP contribution in [0.4, 0.5) is 10.2 Å². The van der Waals surface area contributed by atoms with E-state index in [9.17, 15) is 9.18 Å². The van der Waals surface area contributed by atoms with Crippen molar-refractivity contribution in [2.75, 3.05) is 5.32 Å². The molecule has 0 atom stereocenters. The predicted molar refractivity (Wildman–Crippen MR) is 108 cm³/mol. The number of carbonyl (C=O) groups excluding carboxylic acids is 1. The first-order valence-corrected chi connectivity index (χ1v) is 9.30. The first kappa shape index (κ1) is 18.2. The van der Waals surface area contributed by atoms with Crippen LogP contribution in [0.25, 0.3) is 22.2 Å². The van der Waals surface area contributed by atoms with Crippen LogP contribution in [0.5, 0.6) is 0 Å². The van der Waals surface area contributed by atoms with Gasteiger partial charge in [0.15, 0.2) is 5.65 Å². The molecule has 0 saturated heterocycles. The van der Waals surface area contributed by atoms with Crippen LogP contribution < -0.4 is 5.32 Å². The van der Waals surface area contributed by atoms with E-state index in [1.54, 1.807) is 41.3 Å². The Morgan fingerprint density at radius 3 is 2.64 bits per heavy atom. The van der Waals surface area contributed by atoms with Gasteiger partial charge in [-0.1, -0.05) is 12.1 Å². The molecule has 0 aliphatic carbocycles. The van der Waals surface area contributed by atoms with Crippen molar-refractivity contribution in [3.63, 3.8) is 0 Å². The summed E-state index contributed by atoms with van der Waals surface area (Å²) in [6.45, 7) is 1.86. The monoisotopic (exact) mass is 439 g/mol. The highest BCUT2D eigenvalue weighted by atomic mass is 79.9. The Morgan fingerprint density at radius 1 is 1.14 bits per heavy atom. The lowest BCUT2D eigenvalue weighted by Crippen LogP contribution is -2.20. The second kappa shape index (κ2) is 7.47. The number of anilines is 1. The third-order valence-electron chi connectivity index (χ3n) is 4.25. The van der Waals surface area contributed by atoms with Crippen LogP contribution in [0.15, 0.2) is 59.3 Å². The van der Waals surface area contributed by atoms with Gasteiger partial charge in [0, 0.05) is 22.3 Å². The number of carbonyl (C=O) groups is 1. The second-order valence-electron chi connectivity index (χ2n) is 6.22. The summed E-state index contributed by atoms with van der Waals surface area (Å²) in [6, 6.07) is 11.6. The van der Waals surface area contributed by atoms with Crippen LogP contribution in [0, 0.1) is 12.7 Å². The summed E-state index contributed by atoms with van der Waals surface area (Å²) in [5.74, 6) is -0.0887. The number of halogens is 2. The summed E-state index contributed by atoms with van der Waals surface area (Å²) in [5, 5.41) is 8.06. The Labute approximate surface area is 168 Å². The van der Waals surface area contributed by atoms with Crippen molar-refractivity contribution < 1.29 is 9.18 Å². The van der Waals surface area contributed by atoms with E-state index in [-0.39, 0.29) is 18.3 Å². The van der Waals surface area contributed by atoms with Crippen molar-refractivity contribution in [1.82, 2.24) is 19.7 Å². The number of pyridine rings is 2. The fourth-order valence-corrected chi connectivity index (χ4v) is 3.26. The Kier molecular flexibility index (Phi) is 4.87. The van der Waals surface area contributed by atoms with Crippen LogP contribution in [0.2, 0.25) is 0 Å². The van der Waals surface area contributed by atoms with Gasteiger partial charge in [0.1, 0.15) is 18.2 Å². The number of amides is 1. The Bertz CT molecular complexity index is 1160. The standard InChI is InChI=1S/C20H15BrFN5O/c1-12-19-16(13-2-5-15(22)6-3-13)8-9-23-20(19)27(26-12)11-18(28)25-17-7-4-14(21)10-24-17/h2-10H,11H2,1H3,(H,24,25,28). The van der Waals surface area contributed by atoms with Gasteiger partial charge in [-0.3, -0.25) is 4.79 Å². The number of benzene rings is 1. The first-order valence-electron chi connectivity index (χ1n) is 8.51. The highest BCUT2D eigenvalue weighted by molar-refractivity contribution is 9.10. The second-order valence-corrected chi connectivity index (χ2v) is 7.13. The van der Waals surface area contributed by atoms with Crippen molar-refractivity contribution in [3.05, 3.63) is 70.8 Å². The first-order chi connectivity index (χ1) is 13.5. The van der Waals surface area contributed by atoms with Crippen LogP contribution in [0.3, 0.4) is 0 Å². The molecule has 0 aliphatic rings. The average molecular weight is 440 g/mol. The zero-order valence-electron chi connectivity index (χ0n) is 14.9. The molecule has 0 saturated carbocycles. The number of hydrogen-bond acceptors (Lipinski definition) is 4. The van der Waals surface area contributed by atoms with Crippen molar-refractivity contribution in [1.29, 1.82) is 0 Å². The molecule has 4 rings (SSSR count). The summed E-state index contributed by atoms with van der Waals surface area (Å²) in [5.41, 5.74) is 3.10. The number of aryl methyl sites for hydroxylation is 1. The molecule has 0 fully saturated rings. The highest BCUT2D eigenvalue weighted by Gasteiger charge is 2.16. The molecule has 4 aromatic rings. The third kappa shape index (κ3) is 3.63. The van der Waals surface area contributed by atoms with Crippen LogP contribution in [0.1, 0.15) is 5.69 Å². The van der Waals surface area contributed by atoms with E-state index in [1.807, 2.05) is 13.0 Å². The van der Waals surface area contributed by atoms with E-state index in [0.29, 0.717) is 11.5 Å². The summed E-state index contributed by atoms with van der Waals surface area (Å²) in [7, 11) is 0. The van der Waals surface area contributed by atoms with Crippen molar-refractivity contribution in [2.45, 2.75) is 13.5 Å². The van der Waals surface area contributed by atoms with Gasteiger partial charge < -0.3 is 5.32 Å². The largest absolute Gasteiger partial charge is 0.309 e. The maximum absolute atomic E-state index is 13.3. The molecule has 0 spiro atoms. The maximum Gasteiger partial charge on any atom is 0.247 e. The Morgan fingerprint density at radius 2 is 1.93 bits per heavy atom. The Balaban J connectivity index is 1.65.